The summed E-state index contributed by atoms with van der Waals surface area (Å²) in [7, 11) is 0. The van der Waals surface area contributed by atoms with Crippen molar-refractivity contribution in [1.82, 2.24) is 4.98 Å². The van der Waals surface area contributed by atoms with Crippen LogP contribution in [0.4, 0.5) is 0 Å². The maximum Gasteiger partial charge on any atom is 0.377 e. The molecule has 31 heavy (non-hydrogen) atoms. The summed E-state index contributed by atoms with van der Waals surface area (Å²) in [6.45, 7) is 1.47. The molecule has 2 unspecified atom stereocenters. The van der Waals surface area contributed by atoms with Crippen LogP contribution in [0.15, 0.2) is 52.9 Å². The first-order valence-corrected chi connectivity index (χ1v) is 10.6. The van der Waals surface area contributed by atoms with E-state index < -0.39 is 16.8 Å². The Morgan fingerprint density at radius 1 is 1.19 bits per heavy atom. The van der Waals surface area contributed by atoms with Crippen molar-refractivity contribution in [2.45, 2.75) is 51.7 Å². The fourth-order valence-electron chi connectivity index (χ4n) is 4.43. The van der Waals surface area contributed by atoms with Crippen molar-refractivity contribution in [3.05, 3.63) is 60.0 Å². The molecule has 0 aliphatic heterocycles. The molecule has 1 aliphatic carbocycles. The molecule has 1 amide bonds. The molecule has 8 heteroatoms. The van der Waals surface area contributed by atoms with Crippen LogP contribution >= 0.6 is 0 Å². The lowest BCUT2D eigenvalue weighted by Crippen LogP contribution is -2.55. The lowest BCUT2D eigenvalue weighted by molar-refractivity contribution is -1.21. The number of oxazole rings is 1. The van der Waals surface area contributed by atoms with Crippen LogP contribution in [0.1, 0.15) is 56.5 Å². The van der Waals surface area contributed by atoms with Gasteiger partial charge in [-0.3, -0.25) is 0 Å². The second-order valence-electron chi connectivity index (χ2n) is 8.02. The molecule has 1 heterocycles. The Morgan fingerprint density at radius 2 is 1.90 bits per heavy atom. The van der Waals surface area contributed by atoms with Gasteiger partial charge in [0.1, 0.15) is 11.3 Å². The van der Waals surface area contributed by atoms with Gasteiger partial charge >= 0.3 is 5.91 Å². The summed E-state index contributed by atoms with van der Waals surface area (Å²) < 4.78 is 11.5. The minimum atomic E-state index is -1.27. The van der Waals surface area contributed by atoms with Crippen molar-refractivity contribution in [3.8, 4) is 5.75 Å². The maximum absolute atomic E-state index is 12.2. The lowest BCUT2D eigenvalue weighted by Gasteiger charge is -2.36. The number of quaternary nitrogens is 1. The van der Waals surface area contributed by atoms with Crippen molar-refractivity contribution in [2.24, 2.45) is 11.8 Å². The maximum atomic E-state index is 12.2. The highest BCUT2D eigenvalue weighted by atomic mass is 17.0. The van der Waals surface area contributed by atoms with E-state index in [2.05, 4.69) is 4.98 Å². The topological polar surface area (TPSA) is 108 Å². The van der Waals surface area contributed by atoms with E-state index in [0.29, 0.717) is 11.6 Å². The number of carbonyl (C=O) groups is 1. The summed E-state index contributed by atoms with van der Waals surface area (Å²) in [6, 6.07) is 14.2. The third-order valence-electron chi connectivity index (χ3n) is 6.01. The highest BCUT2D eigenvalue weighted by Crippen LogP contribution is 2.42. The average molecular weight is 426 g/mol. The largest absolute Gasteiger partial charge is 0.484 e. The predicted molar refractivity (Wildman–Crippen MR) is 112 cm³/mol. The smallest absolute Gasteiger partial charge is 0.377 e. The SMILES string of the molecule is CC(=O)[N+](O)(ON)C(c1ccc(OCc2nc3ccccc3o2)cc1)C1CCCCC1. The highest BCUT2D eigenvalue weighted by Gasteiger charge is 2.50. The van der Waals surface area contributed by atoms with Crippen molar-refractivity contribution in [1.29, 1.82) is 0 Å². The summed E-state index contributed by atoms with van der Waals surface area (Å²) in [6.07, 6.45) is 5.06. The first-order valence-electron chi connectivity index (χ1n) is 10.6. The van der Waals surface area contributed by atoms with Gasteiger partial charge in [0.2, 0.25) is 5.89 Å². The molecule has 3 N–H and O–H groups in total. The Morgan fingerprint density at radius 3 is 2.55 bits per heavy atom. The quantitative estimate of drug-likeness (QED) is 0.323. The first-order chi connectivity index (χ1) is 15.0. The molecule has 8 nitrogen and oxygen atoms in total. The van der Waals surface area contributed by atoms with Gasteiger partial charge in [-0.05, 0) is 49.2 Å². The summed E-state index contributed by atoms with van der Waals surface area (Å²) in [5.41, 5.74) is 2.27. The third-order valence-corrected chi connectivity index (χ3v) is 6.01. The van der Waals surface area contributed by atoms with Crippen LogP contribution in [0.2, 0.25) is 0 Å². The molecular weight excluding hydrogens is 398 g/mol. The number of nitrogens with two attached hydrogens (primary N) is 1. The molecule has 1 saturated carbocycles. The summed E-state index contributed by atoms with van der Waals surface area (Å²) in [5.74, 6) is 6.02. The van der Waals surface area contributed by atoms with Gasteiger partial charge in [0.05, 0.1) is 6.92 Å². The van der Waals surface area contributed by atoms with Gasteiger partial charge in [-0.25, -0.2) is 9.78 Å². The first kappa shape index (κ1) is 21.5. The number of hydroxylamine groups is 4. The van der Waals surface area contributed by atoms with Crippen LogP contribution in [0, 0.1) is 5.92 Å². The van der Waals surface area contributed by atoms with Crippen molar-refractivity contribution in [2.75, 3.05) is 0 Å². The fourth-order valence-corrected chi connectivity index (χ4v) is 4.43. The van der Waals surface area contributed by atoms with E-state index in [0.717, 1.165) is 48.8 Å². The molecule has 0 saturated heterocycles. The number of nitrogens with zero attached hydrogens (tertiary/aromatic N) is 2. The zero-order chi connectivity index (χ0) is 21.8. The monoisotopic (exact) mass is 426 g/mol. The van der Waals surface area contributed by atoms with E-state index in [1.807, 2.05) is 36.4 Å². The highest BCUT2D eigenvalue weighted by molar-refractivity contribution is 5.72. The number of aromatic nitrogens is 1. The predicted octanol–water partition coefficient (Wildman–Crippen LogP) is 4.59. The van der Waals surface area contributed by atoms with Crippen LogP contribution in [-0.2, 0) is 16.3 Å². The molecule has 164 valence electrons. The number of benzene rings is 2. The van der Waals surface area contributed by atoms with Gasteiger partial charge in [0.15, 0.2) is 18.2 Å². The van der Waals surface area contributed by atoms with Gasteiger partial charge in [0, 0.05) is 16.3 Å². The molecule has 1 fully saturated rings. The molecule has 2 aromatic carbocycles. The standard InChI is InChI=1S/C23H28N3O5/c1-16(27)26(28,31-24)23(17-7-3-2-4-8-17)18-11-13-19(14-12-18)29-15-22-25-20-9-5-6-10-21(20)30-22/h5-6,9-14,17,23,28H,2-4,7-8,15,24H2,1H3/q+1. The van der Waals surface area contributed by atoms with Crippen LogP contribution in [-0.4, -0.2) is 20.9 Å². The third kappa shape index (κ3) is 4.47. The Hall–Kier alpha value is -2.78. The van der Waals surface area contributed by atoms with E-state index in [9.17, 15) is 10.0 Å². The van der Waals surface area contributed by atoms with Crippen molar-refractivity contribution >= 4 is 17.0 Å². The molecule has 4 rings (SSSR count). The summed E-state index contributed by atoms with van der Waals surface area (Å²) >= 11 is 0. The zero-order valence-corrected chi connectivity index (χ0v) is 17.6. The number of carbonyl (C=O) groups excluding carboxylic acids is 1. The van der Waals surface area contributed by atoms with Crippen LogP contribution < -0.4 is 10.6 Å². The van der Waals surface area contributed by atoms with E-state index in [1.165, 1.54) is 6.92 Å². The second-order valence-corrected chi connectivity index (χ2v) is 8.02. The van der Waals surface area contributed by atoms with Gasteiger partial charge in [-0.2, -0.15) is 11.1 Å². The molecule has 2 atom stereocenters. The number of rotatable bonds is 7. The number of fused-ring (bicyclic) bond motifs is 1. The Labute approximate surface area is 180 Å². The van der Waals surface area contributed by atoms with Gasteiger partial charge < -0.3 is 9.15 Å². The number of para-hydroxylation sites is 2. The Bertz CT molecular complexity index is 996. The number of ether oxygens (including phenoxy) is 1. The second kappa shape index (κ2) is 9.15. The fraction of sp³-hybridized carbons (Fsp3) is 0.391. The normalized spacial score (nSPS) is 17.9. The average Bonchev–Trinajstić information content (AvgIpc) is 3.22. The molecular formula is C23H28N3O5+. The minimum absolute atomic E-state index is 0.0812. The Balaban J connectivity index is 1.52. The van der Waals surface area contributed by atoms with Crippen LogP contribution in [0.5, 0.6) is 5.75 Å². The molecule has 0 radical (unpaired) electrons. The van der Waals surface area contributed by atoms with Crippen LogP contribution in [0.3, 0.4) is 0 Å². The van der Waals surface area contributed by atoms with Crippen molar-refractivity contribution in [3.63, 3.8) is 0 Å². The van der Waals surface area contributed by atoms with E-state index >= 15 is 0 Å². The van der Waals surface area contributed by atoms with E-state index in [-0.39, 0.29) is 12.5 Å². The number of amides is 1. The number of hydrogen-bond acceptors (Lipinski definition) is 7. The zero-order valence-electron chi connectivity index (χ0n) is 17.6. The molecule has 3 aromatic rings. The van der Waals surface area contributed by atoms with Crippen LogP contribution in [0.25, 0.3) is 11.1 Å². The lowest BCUT2D eigenvalue weighted by atomic mass is 9.80. The molecule has 1 aliphatic rings. The summed E-state index contributed by atoms with van der Waals surface area (Å²) in [4.78, 5) is 20.2. The van der Waals surface area contributed by atoms with E-state index in [4.69, 9.17) is 20.0 Å². The van der Waals surface area contributed by atoms with E-state index in [1.54, 1.807) is 12.1 Å². The molecule has 0 bridgehead atoms. The van der Waals surface area contributed by atoms with Crippen molar-refractivity contribution < 1.29 is 28.9 Å². The minimum Gasteiger partial charge on any atom is -0.484 e. The summed E-state index contributed by atoms with van der Waals surface area (Å²) in [5, 5.41) is 10.9. The molecule has 1 aromatic heterocycles. The molecule has 0 spiro atoms. The van der Waals surface area contributed by atoms with Gasteiger partial charge in [-0.1, -0.05) is 36.3 Å². The number of hydrogen-bond donors (Lipinski definition) is 2. The Kier molecular flexibility index (Phi) is 6.33. The van der Waals surface area contributed by atoms with Gasteiger partial charge in [-0.15, -0.1) is 0 Å². The van der Waals surface area contributed by atoms with Gasteiger partial charge in [0.25, 0.3) is 0 Å².